The van der Waals surface area contributed by atoms with Gasteiger partial charge in [-0.2, -0.15) is 5.26 Å². The maximum absolute atomic E-state index is 11.3. The molecule has 1 atom stereocenters. The van der Waals surface area contributed by atoms with Gasteiger partial charge < -0.3 is 10.2 Å². The lowest BCUT2D eigenvalue weighted by molar-refractivity contribution is -0.129. The van der Waals surface area contributed by atoms with E-state index in [1.54, 1.807) is 0 Å². The van der Waals surface area contributed by atoms with Crippen LogP contribution in [0.1, 0.15) is 12.8 Å². The van der Waals surface area contributed by atoms with Crippen LogP contribution in [0.15, 0.2) is 0 Å². The number of rotatable bonds is 3. The summed E-state index contributed by atoms with van der Waals surface area (Å²) in [6.07, 6.45) is 1.87. The molecule has 1 N–H and O–H groups in total. The number of carbonyl (C=O) groups excluding carboxylic acids is 2. The first kappa shape index (κ1) is 9.00. The molecule has 1 saturated carbocycles. The van der Waals surface area contributed by atoms with Crippen molar-refractivity contribution in [2.45, 2.75) is 18.9 Å². The highest BCUT2D eigenvalue weighted by Crippen LogP contribution is 2.28. The number of carbonyl (C=O) groups is 2. The van der Waals surface area contributed by atoms with Crippen molar-refractivity contribution in [1.29, 1.82) is 5.26 Å². The highest BCUT2D eigenvalue weighted by molar-refractivity contribution is 5.88. The maximum atomic E-state index is 11.3. The Kier molecular flexibility index (Phi) is 2.12. The van der Waals surface area contributed by atoms with Gasteiger partial charge in [0.05, 0.1) is 19.2 Å². The van der Waals surface area contributed by atoms with E-state index in [1.807, 2.05) is 6.07 Å². The SMILES string of the molecule is N#CC1CN1C(=O)CNC(=O)C1CC1. The fourth-order valence-electron chi connectivity index (χ4n) is 1.28. The number of nitrogens with one attached hydrogen (secondary N) is 1. The van der Waals surface area contributed by atoms with Crippen molar-refractivity contribution in [3.63, 3.8) is 0 Å². The molecule has 1 saturated heterocycles. The minimum Gasteiger partial charge on any atom is -0.347 e. The first-order valence-electron chi connectivity index (χ1n) is 4.69. The lowest BCUT2D eigenvalue weighted by Gasteiger charge is -2.03. The average molecular weight is 193 g/mol. The average Bonchev–Trinajstić information content (AvgIpc) is 3.05. The maximum Gasteiger partial charge on any atom is 0.243 e. The Bertz CT molecular complexity index is 317. The van der Waals surface area contributed by atoms with Crippen LogP contribution in [-0.2, 0) is 9.59 Å². The van der Waals surface area contributed by atoms with E-state index in [-0.39, 0.29) is 30.3 Å². The Hall–Kier alpha value is -1.57. The number of nitrogens with zero attached hydrogens (tertiary/aromatic N) is 2. The van der Waals surface area contributed by atoms with E-state index in [0.717, 1.165) is 12.8 Å². The van der Waals surface area contributed by atoms with Gasteiger partial charge >= 0.3 is 0 Å². The molecule has 0 aromatic carbocycles. The normalized spacial score (nSPS) is 23.9. The summed E-state index contributed by atoms with van der Waals surface area (Å²) in [4.78, 5) is 23.9. The van der Waals surface area contributed by atoms with Crippen LogP contribution < -0.4 is 5.32 Å². The van der Waals surface area contributed by atoms with E-state index in [1.165, 1.54) is 4.90 Å². The van der Waals surface area contributed by atoms with Crippen LogP contribution in [-0.4, -0.2) is 35.8 Å². The number of nitriles is 1. The molecule has 2 aliphatic rings. The minimum absolute atomic E-state index is 0.0336. The third-order valence-electron chi connectivity index (χ3n) is 2.44. The lowest BCUT2D eigenvalue weighted by atomic mass is 10.4. The Balaban J connectivity index is 1.68. The molecular weight excluding hydrogens is 182 g/mol. The summed E-state index contributed by atoms with van der Waals surface area (Å²) in [5.74, 6) is -0.0666. The molecule has 1 unspecified atom stereocenters. The third-order valence-corrected chi connectivity index (χ3v) is 2.44. The fourth-order valence-corrected chi connectivity index (χ4v) is 1.28. The smallest absolute Gasteiger partial charge is 0.243 e. The Labute approximate surface area is 81.7 Å². The van der Waals surface area contributed by atoms with Crippen LogP contribution in [0, 0.1) is 17.2 Å². The van der Waals surface area contributed by atoms with Gasteiger partial charge in [0, 0.05) is 5.92 Å². The van der Waals surface area contributed by atoms with Gasteiger partial charge in [-0.15, -0.1) is 0 Å². The van der Waals surface area contributed by atoms with Crippen LogP contribution in [0.3, 0.4) is 0 Å². The largest absolute Gasteiger partial charge is 0.347 e. The van der Waals surface area contributed by atoms with E-state index >= 15 is 0 Å². The molecule has 1 heterocycles. The molecule has 2 fully saturated rings. The third kappa shape index (κ3) is 1.84. The zero-order chi connectivity index (χ0) is 10.1. The quantitative estimate of drug-likeness (QED) is 0.599. The number of hydrogen-bond acceptors (Lipinski definition) is 3. The molecular formula is C9H11N3O2. The highest BCUT2D eigenvalue weighted by Gasteiger charge is 2.38. The van der Waals surface area contributed by atoms with Crippen molar-refractivity contribution in [1.82, 2.24) is 10.2 Å². The van der Waals surface area contributed by atoms with Gasteiger partial charge in [0.25, 0.3) is 0 Å². The topological polar surface area (TPSA) is 73.0 Å². The molecule has 0 spiro atoms. The second-order valence-electron chi connectivity index (χ2n) is 3.68. The van der Waals surface area contributed by atoms with Crippen molar-refractivity contribution in [2.24, 2.45) is 5.92 Å². The summed E-state index contributed by atoms with van der Waals surface area (Å²) < 4.78 is 0. The van der Waals surface area contributed by atoms with Gasteiger partial charge in [-0.3, -0.25) is 9.59 Å². The summed E-state index contributed by atoms with van der Waals surface area (Å²) in [7, 11) is 0. The van der Waals surface area contributed by atoms with Gasteiger partial charge in [0.15, 0.2) is 0 Å². The molecule has 0 bridgehead atoms. The lowest BCUT2D eigenvalue weighted by Crippen LogP contribution is -2.34. The van der Waals surface area contributed by atoms with E-state index in [2.05, 4.69) is 5.32 Å². The van der Waals surface area contributed by atoms with Crippen molar-refractivity contribution >= 4 is 11.8 Å². The summed E-state index contributed by atoms with van der Waals surface area (Å²) in [5, 5.41) is 11.0. The zero-order valence-corrected chi connectivity index (χ0v) is 7.69. The van der Waals surface area contributed by atoms with Gasteiger partial charge in [0.2, 0.25) is 11.8 Å². The molecule has 1 aliphatic heterocycles. The summed E-state index contributed by atoms with van der Waals surface area (Å²) >= 11 is 0. The summed E-state index contributed by atoms with van der Waals surface area (Å²) in [6, 6.07) is 1.72. The Morgan fingerprint density at radius 3 is 2.71 bits per heavy atom. The molecule has 5 nitrogen and oxygen atoms in total. The van der Waals surface area contributed by atoms with Gasteiger partial charge in [-0.25, -0.2) is 0 Å². The van der Waals surface area contributed by atoms with Gasteiger partial charge in [-0.1, -0.05) is 0 Å². The molecule has 0 aromatic rings. The van der Waals surface area contributed by atoms with E-state index < -0.39 is 0 Å². The summed E-state index contributed by atoms with van der Waals surface area (Å²) in [5.41, 5.74) is 0. The van der Waals surface area contributed by atoms with Crippen molar-refractivity contribution < 1.29 is 9.59 Å². The second kappa shape index (κ2) is 3.29. The Morgan fingerprint density at radius 1 is 1.50 bits per heavy atom. The number of amides is 2. The van der Waals surface area contributed by atoms with Gasteiger partial charge in [-0.05, 0) is 12.8 Å². The van der Waals surface area contributed by atoms with Crippen LogP contribution >= 0.6 is 0 Å². The molecule has 2 rings (SSSR count). The highest BCUT2D eigenvalue weighted by atomic mass is 16.2. The zero-order valence-electron chi connectivity index (χ0n) is 7.69. The fraction of sp³-hybridized carbons (Fsp3) is 0.667. The van der Waals surface area contributed by atoms with Crippen molar-refractivity contribution in [3.8, 4) is 6.07 Å². The van der Waals surface area contributed by atoms with E-state index in [9.17, 15) is 9.59 Å². The first-order chi connectivity index (χ1) is 6.72. The molecule has 0 aromatic heterocycles. The van der Waals surface area contributed by atoms with Crippen molar-refractivity contribution in [2.75, 3.05) is 13.1 Å². The summed E-state index contributed by atoms with van der Waals surface area (Å²) in [6.45, 7) is 0.544. The molecule has 2 amide bonds. The molecule has 0 radical (unpaired) electrons. The number of hydrogen-bond donors (Lipinski definition) is 1. The van der Waals surface area contributed by atoms with Gasteiger partial charge in [0.1, 0.15) is 6.04 Å². The predicted octanol–water partition coefficient (Wildman–Crippen LogP) is -0.753. The van der Waals surface area contributed by atoms with Crippen LogP contribution in [0.25, 0.3) is 0 Å². The standard InChI is InChI=1S/C9H11N3O2/c10-3-7-5-12(7)8(13)4-11-9(14)6-1-2-6/h6-7H,1-2,4-5H2,(H,11,14). The minimum atomic E-state index is -0.264. The monoisotopic (exact) mass is 193 g/mol. The van der Waals surface area contributed by atoms with E-state index in [4.69, 9.17) is 5.26 Å². The molecule has 74 valence electrons. The first-order valence-corrected chi connectivity index (χ1v) is 4.69. The molecule has 14 heavy (non-hydrogen) atoms. The van der Waals surface area contributed by atoms with E-state index in [0.29, 0.717) is 6.54 Å². The Morgan fingerprint density at radius 2 is 2.21 bits per heavy atom. The van der Waals surface area contributed by atoms with Crippen LogP contribution in [0.2, 0.25) is 0 Å². The molecule has 1 aliphatic carbocycles. The van der Waals surface area contributed by atoms with Crippen LogP contribution in [0.4, 0.5) is 0 Å². The van der Waals surface area contributed by atoms with Crippen molar-refractivity contribution in [3.05, 3.63) is 0 Å². The van der Waals surface area contributed by atoms with Crippen LogP contribution in [0.5, 0.6) is 0 Å². The predicted molar refractivity (Wildman–Crippen MR) is 46.8 cm³/mol. The second-order valence-corrected chi connectivity index (χ2v) is 3.68. The molecule has 5 heteroatoms.